The van der Waals surface area contributed by atoms with Gasteiger partial charge < -0.3 is 0 Å². The molecule has 0 aliphatic rings. The van der Waals surface area contributed by atoms with Gasteiger partial charge >= 0.3 is 0 Å². The molecular formula is C13H9Cl2N3OS. The number of halogens is 2. The fourth-order valence-corrected chi connectivity index (χ4v) is 3.05. The van der Waals surface area contributed by atoms with Crippen LogP contribution in [0.5, 0.6) is 0 Å². The van der Waals surface area contributed by atoms with Crippen LogP contribution in [0.3, 0.4) is 0 Å². The zero-order valence-electron chi connectivity index (χ0n) is 10.4. The van der Waals surface area contributed by atoms with Gasteiger partial charge in [-0.3, -0.25) is 4.79 Å². The van der Waals surface area contributed by atoms with Gasteiger partial charge in [-0.05, 0) is 18.6 Å². The molecule has 2 heterocycles. The molecule has 7 heteroatoms. The Hall–Kier alpha value is -1.43. The molecule has 0 saturated carbocycles. The highest BCUT2D eigenvalue weighted by molar-refractivity contribution is 7.16. The molecule has 102 valence electrons. The minimum atomic E-state index is 0.425. The summed E-state index contributed by atoms with van der Waals surface area (Å²) < 4.78 is 1.58. The summed E-state index contributed by atoms with van der Waals surface area (Å²) in [6.07, 6.45) is 1.57. The number of hydrogen-bond donors (Lipinski definition) is 0. The third-order valence-corrected chi connectivity index (χ3v) is 4.68. The lowest BCUT2D eigenvalue weighted by Gasteiger charge is -2.01. The first kappa shape index (κ1) is 13.5. The van der Waals surface area contributed by atoms with Gasteiger partial charge in [0.15, 0.2) is 6.29 Å². The number of fused-ring (bicyclic) bond motifs is 1. The van der Waals surface area contributed by atoms with Crippen molar-refractivity contribution in [2.75, 3.05) is 0 Å². The first-order valence-corrected chi connectivity index (χ1v) is 7.50. The predicted octanol–water partition coefficient (Wildman–Crippen LogP) is 4.14. The number of imidazole rings is 1. The Bertz CT molecular complexity index is 809. The monoisotopic (exact) mass is 325 g/mol. The number of benzene rings is 1. The molecule has 0 atom stereocenters. The molecule has 4 nitrogen and oxygen atoms in total. The second kappa shape index (κ2) is 5.16. The Kier molecular flexibility index (Phi) is 3.50. The SMILES string of the molecule is CCc1nn2c(C=O)c(-c3ccc(Cl)c(Cl)c3)nc2s1. The van der Waals surface area contributed by atoms with E-state index >= 15 is 0 Å². The van der Waals surface area contributed by atoms with Crippen LogP contribution in [0.4, 0.5) is 0 Å². The highest BCUT2D eigenvalue weighted by Gasteiger charge is 2.17. The van der Waals surface area contributed by atoms with Gasteiger partial charge in [0.1, 0.15) is 16.4 Å². The maximum atomic E-state index is 11.4. The van der Waals surface area contributed by atoms with Gasteiger partial charge in [0.05, 0.1) is 10.0 Å². The van der Waals surface area contributed by atoms with Crippen molar-refractivity contribution in [3.63, 3.8) is 0 Å². The van der Waals surface area contributed by atoms with E-state index in [0.717, 1.165) is 23.3 Å². The number of carbonyl (C=O) groups excluding carboxylic acids is 1. The number of aldehydes is 1. The normalized spacial score (nSPS) is 11.2. The summed E-state index contributed by atoms with van der Waals surface area (Å²) in [7, 11) is 0. The van der Waals surface area contributed by atoms with E-state index in [1.165, 1.54) is 11.3 Å². The average Bonchev–Trinajstić information content (AvgIpc) is 2.98. The molecule has 0 aliphatic heterocycles. The van der Waals surface area contributed by atoms with Crippen LogP contribution >= 0.6 is 34.5 Å². The summed E-state index contributed by atoms with van der Waals surface area (Å²) in [6, 6.07) is 5.17. The van der Waals surface area contributed by atoms with E-state index in [1.54, 1.807) is 22.7 Å². The van der Waals surface area contributed by atoms with E-state index in [2.05, 4.69) is 10.1 Å². The Labute approximate surface area is 129 Å². The number of hydrogen-bond acceptors (Lipinski definition) is 4. The maximum Gasteiger partial charge on any atom is 0.213 e. The van der Waals surface area contributed by atoms with Crippen molar-refractivity contribution >= 4 is 45.8 Å². The van der Waals surface area contributed by atoms with Crippen LogP contribution in [0.2, 0.25) is 10.0 Å². The van der Waals surface area contributed by atoms with Crippen LogP contribution in [0.25, 0.3) is 16.2 Å². The van der Waals surface area contributed by atoms with Crippen molar-refractivity contribution in [1.82, 2.24) is 14.6 Å². The molecule has 3 aromatic rings. The van der Waals surface area contributed by atoms with E-state index in [-0.39, 0.29) is 0 Å². The zero-order valence-corrected chi connectivity index (χ0v) is 12.8. The van der Waals surface area contributed by atoms with Gasteiger partial charge in [0.2, 0.25) is 4.96 Å². The van der Waals surface area contributed by atoms with Crippen LogP contribution in [-0.4, -0.2) is 20.9 Å². The van der Waals surface area contributed by atoms with Crippen molar-refractivity contribution in [2.24, 2.45) is 0 Å². The second-order valence-electron chi connectivity index (χ2n) is 4.14. The average molecular weight is 326 g/mol. The van der Waals surface area contributed by atoms with Crippen molar-refractivity contribution in [3.8, 4) is 11.3 Å². The fraction of sp³-hybridized carbons (Fsp3) is 0.154. The minimum absolute atomic E-state index is 0.425. The first-order chi connectivity index (χ1) is 9.63. The largest absolute Gasteiger partial charge is 0.296 e. The van der Waals surface area contributed by atoms with Crippen molar-refractivity contribution < 1.29 is 4.79 Å². The van der Waals surface area contributed by atoms with Gasteiger partial charge in [0, 0.05) is 5.56 Å². The van der Waals surface area contributed by atoms with Crippen molar-refractivity contribution in [2.45, 2.75) is 13.3 Å². The van der Waals surface area contributed by atoms with Crippen LogP contribution in [0.1, 0.15) is 22.4 Å². The van der Waals surface area contributed by atoms with E-state index in [1.807, 2.05) is 6.92 Å². The molecule has 3 rings (SSSR count). The molecule has 0 spiro atoms. The molecule has 0 unspecified atom stereocenters. The van der Waals surface area contributed by atoms with Gasteiger partial charge in [-0.15, -0.1) is 0 Å². The summed E-state index contributed by atoms with van der Waals surface area (Å²) >= 11 is 13.4. The number of rotatable bonds is 3. The lowest BCUT2D eigenvalue weighted by atomic mass is 10.1. The quantitative estimate of drug-likeness (QED) is 0.680. The van der Waals surface area contributed by atoms with Gasteiger partial charge in [0.25, 0.3) is 0 Å². The van der Waals surface area contributed by atoms with Crippen LogP contribution in [0, 0.1) is 0 Å². The Morgan fingerprint density at radius 3 is 2.80 bits per heavy atom. The fourth-order valence-electron chi connectivity index (χ4n) is 1.91. The third-order valence-electron chi connectivity index (χ3n) is 2.89. The number of aryl methyl sites for hydroxylation is 1. The van der Waals surface area contributed by atoms with Gasteiger partial charge in [-0.1, -0.05) is 47.5 Å². The molecule has 1 aromatic carbocycles. The summed E-state index contributed by atoms with van der Waals surface area (Å²) in [5.41, 5.74) is 1.74. The topological polar surface area (TPSA) is 47.3 Å². The summed E-state index contributed by atoms with van der Waals surface area (Å²) in [5, 5.41) is 6.21. The standard InChI is InChI=1S/C13H9Cl2N3OS/c1-2-11-17-18-10(6-19)12(16-13(18)20-11)7-3-4-8(14)9(15)5-7/h3-6H,2H2,1H3. The predicted molar refractivity (Wildman–Crippen MR) is 81.1 cm³/mol. The van der Waals surface area contributed by atoms with E-state index < -0.39 is 0 Å². The molecule has 0 saturated heterocycles. The number of carbonyl (C=O) groups is 1. The van der Waals surface area contributed by atoms with Crippen LogP contribution in [0.15, 0.2) is 18.2 Å². The highest BCUT2D eigenvalue weighted by atomic mass is 35.5. The maximum absolute atomic E-state index is 11.4. The molecule has 0 bridgehead atoms. The van der Waals surface area contributed by atoms with E-state index in [4.69, 9.17) is 23.2 Å². The highest BCUT2D eigenvalue weighted by Crippen LogP contribution is 2.31. The summed E-state index contributed by atoms with van der Waals surface area (Å²) in [5.74, 6) is 0. The number of aromatic nitrogens is 3. The van der Waals surface area contributed by atoms with Crippen LogP contribution in [-0.2, 0) is 6.42 Å². The molecule has 0 amide bonds. The van der Waals surface area contributed by atoms with Crippen LogP contribution < -0.4 is 0 Å². The Morgan fingerprint density at radius 2 is 2.15 bits per heavy atom. The molecule has 0 aliphatic carbocycles. The van der Waals surface area contributed by atoms with E-state index in [9.17, 15) is 4.79 Å². The lowest BCUT2D eigenvalue weighted by Crippen LogP contribution is -1.94. The molecule has 0 radical (unpaired) electrons. The van der Waals surface area contributed by atoms with E-state index in [0.29, 0.717) is 26.4 Å². The Balaban J connectivity index is 2.22. The smallest absolute Gasteiger partial charge is 0.213 e. The molecular weight excluding hydrogens is 317 g/mol. The summed E-state index contributed by atoms with van der Waals surface area (Å²) in [6.45, 7) is 2.01. The molecule has 0 N–H and O–H groups in total. The first-order valence-electron chi connectivity index (χ1n) is 5.93. The molecule has 0 fully saturated rings. The molecule has 2 aromatic heterocycles. The molecule has 20 heavy (non-hydrogen) atoms. The van der Waals surface area contributed by atoms with Crippen molar-refractivity contribution in [3.05, 3.63) is 38.9 Å². The minimum Gasteiger partial charge on any atom is -0.296 e. The lowest BCUT2D eigenvalue weighted by molar-refractivity contribution is 0.111. The second-order valence-corrected chi connectivity index (χ2v) is 5.99. The van der Waals surface area contributed by atoms with Crippen molar-refractivity contribution in [1.29, 1.82) is 0 Å². The summed E-state index contributed by atoms with van der Waals surface area (Å²) in [4.78, 5) is 16.5. The zero-order chi connectivity index (χ0) is 14.3. The number of nitrogens with zero attached hydrogens (tertiary/aromatic N) is 3. The van der Waals surface area contributed by atoms with Gasteiger partial charge in [-0.25, -0.2) is 4.98 Å². The van der Waals surface area contributed by atoms with Gasteiger partial charge in [-0.2, -0.15) is 9.61 Å². The third kappa shape index (κ3) is 2.12. The Morgan fingerprint density at radius 1 is 1.35 bits per heavy atom.